The van der Waals surface area contributed by atoms with Crippen molar-refractivity contribution in [1.82, 2.24) is 0 Å². The van der Waals surface area contributed by atoms with Crippen molar-refractivity contribution < 1.29 is 32.9 Å². The number of ether oxygens (including phenoxy) is 2. The second-order valence-corrected chi connectivity index (χ2v) is 6.53. The van der Waals surface area contributed by atoms with Crippen molar-refractivity contribution in [1.29, 1.82) is 0 Å². The van der Waals surface area contributed by atoms with Crippen molar-refractivity contribution in [2.45, 2.75) is 37.3 Å². The van der Waals surface area contributed by atoms with Crippen molar-refractivity contribution in [3.8, 4) is 5.75 Å². The summed E-state index contributed by atoms with van der Waals surface area (Å²) in [5.41, 5.74) is -0.795. The van der Waals surface area contributed by atoms with Gasteiger partial charge < -0.3 is 19.7 Å². The molecule has 4 nitrogen and oxygen atoms in total. The minimum atomic E-state index is -4.43. The second kappa shape index (κ2) is 7.35. The molecule has 0 bridgehead atoms. The van der Waals surface area contributed by atoms with Gasteiger partial charge >= 0.3 is 6.18 Å². The van der Waals surface area contributed by atoms with E-state index in [1.165, 1.54) is 18.2 Å². The standard InChI is InChI=1S/C18H21F3O4/c19-18(20,21)11-2-1-3-13(8-11)25-10-12(22)4-5-14-15-6-7-24-17(15)9-16(14)23/h1-5,8,12,14-17,22-23H,6-7,9-10H2/b5-4+/t12-,14-,15-,16-,17+/m1/s1. The van der Waals surface area contributed by atoms with Crippen LogP contribution in [0.15, 0.2) is 36.4 Å². The van der Waals surface area contributed by atoms with E-state index in [-0.39, 0.29) is 30.3 Å². The van der Waals surface area contributed by atoms with E-state index in [0.29, 0.717) is 13.0 Å². The Morgan fingerprint density at radius 1 is 1.36 bits per heavy atom. The lowest BCUT2D eigenvalue weighted by molar-refractivity contribution is -0.137. The molecule has 3 rings (SSSR count). The van der Waals surface area contributed by atoms with Crippen molar-refractivity contribution in [2.24, 2.45) is 11.8 Å². The molecule has 1 aliphatic carbocycles. The van der Waals surface area contributed by atoms with Crippen LogP contribution in [0.1, 0.15) is 18.4 Å². The Hall–Kier alpha value is -1.57. The molecule has 2 fully saturated rings. The third-order valence-corrected chi connectivity index (χ3v) is 4.81. The average Bonchev–Trinajstić information content (AvgIpc) is 3.11. The van der Waals surface area contributed by atoms with Gasteiger partial charge in [0.05, 0.1) is 17.8 Å². The van der Waals surface area contributed by atoms with Crippen LogP contribution in [0, 0.1) is 11.8 Å². The molecule has 0 aromatic heterocycles. The number of hydrogen-bond acceptors (Lipinski definition) is 4. The maximum atomic E-state index is 12.7. The van der Waals surface area contributed by atoms with Crippen LogP contribution < -0.4 is 4.74 Å². The van der Waals surface area contributed by atoms with Gasteiger partial charge in [0.25, 0.3) is 0 Å². The molecule has 0 amide bonds. The topological polar surface area (TPSA) is 58.9 Å². The Balaban J connectivity index is 1.54. The SMILES string of the molecule is O[C@H](/C=C/[C@@H]1[C@H]2CCO[C@H]2C[C@H]1O)COc1cccc(C(F)(F)F)c1. The Bertz CT molecular complexity index is 617. The first-order chi connectivity index (χ1) is 11.8. The summed E-state index contributed by atoms with van der Waals surface area (Å²) in [6.45, 7) is 0.527. The molecule has 2 N–H and O–H groups in total. The van der Waals surface area contributed by atoms with Crippen LogP contribution in [-0.2, 0) is 10.9 Å². The van der Waals surface area contributed by atoms with E-state index in [9.17, 15) is 23.4 Å². The minimum Gasteiger partial charge on any atom is -0.491 e. The van der Waals surface area contributed by atoms with Gasteiger partial charge in [-0.25, -0.2) is 0 Å². The first kappa shape index (κ1) is 18.2. The number of halogens is 3. The summed E-state index contributed by atoms with van der Waals surface area (Å²) >= 11 is 0. The Morgan fingerprint density at radius 3 is 2.92 bits per heavy atom. The lowest BCUT2D eigenvalue weighted by Gasteiger charge is -2.16. The third kappa shape index (κ3) is 4.34. The highest BCUT2D eigenvalue weighted by molar-refractivity contribution is 5.30. The lowest BCUT2D eigenvalue weighted by Crippen LogP contribution is -2.20. The molecule has 138 valence electrons. The van der Waals surface area contributed by atoms with Crippen LogP contribution in [0.5, 0.6) is 5.75 Å². The molecule has 0 spiro atoms. The summed E-state index contributed by atoms with van der Waals surface area (Å²) in [7, 11) is 0. The Kier molecular flexibility index (Phi) is 5.36. The fourth-order valence-electron chi connectivity index (χ4n) is 3.56. The summed E-state index contributed by atoms with van der Waals surface area (Å²) in [4.78, 5) is 0. The van der Waals surface area contributed by atoms with Crippen LogP contribution in [0.2, 0.25) is 0 Å². The predicted octanol–water partition coefficient (Wildman–Crippen LogP) is 2.79. The summed E-state index contributed by atoms with van der Waals surface area (Å²) in [5, 5.41) is 20.1. The fourth-order valence-corrected chi connectivity index (χ4v) is 3.56. The van der Waals surface area contributed by atoms with Crippen LogP contribution >= 0.6 is 0 Å². The van der Waals surface area contributed by atoms with Crippen LogP contribution in [-0.4, -0.2) is 41.7 Å². The quantitative estimate of drug-likeness (QED) is 0.795. The van der Waals surface area contributed by atoms with Gasteiger partial charge in [-0.05, 0) is 30.5 Å². The predicted molar refractivity (Wildman–Crippen MR) is 84.0 cm³/mol. The van der Waals surface area contributed by atoms with Gasteiger partial charge in [0, 0.05) is 18.9 Å². The normalized spacial score (nSPS) is 30.6. The third-order valence-electron chi connectivity index (χ3n) is 4.81. The monoisotopic (exact) mass is 358 g/mol. The van der Waals surface area contributed by atoms with Crippen LogP contribution in [0.4, 0.5) is 13.2 Å². The van der Waals surface area contributed by atoms with Gasteiger partial charge in [0.15, 0.2) is 0 Å². The van der Waals surface area contributed by atoms with E-state index in [1.807, 2.05) is 0 Å². The Morgan fingerprint density at radius 2 is 2.16 bits per heavy atom. The van der Waals surface area contributed by atoms with Gasteiger partial charge in [0.2, 0.25) is 0 Å². The molecule has 7 heteroatoms. The number of benzene rings is 1. The van der Waals surface area contributed by atoms with Crippen molar-refractivity contribution in [3.63, 3.8) is 0 Å². The summed E-state index contributed by atoms with van der Waals surface area (Å²) in [5.74, 6) is 0.228. The van der Waals surface area contributed by atoms with Gasteiger partial charge in [-0.15, -0.1) is 0 Å². The van der Waals surface area contributed by atoms with E-state index >= 15 is 0 Å². The average molecular weight is 358 g/mol. The largest absolute Gasteiger partial charge is 0.491 e. The number of fused-ring (bicyclic) bond motifs is 1. The molecule has 2 aliphatic rings. The number of alkyl halides is 3. The highest BCUT2D eigenvalue weighted by atomic mass is 19.4. The molecule has 1 aromatic rings. The molecular formula is C18H21F3O4. The van der Waals surface area contributed by atoms with E-state index in [2.05, 4.69) is 0 Å². The number of aliphatic hydroxyl groups excluding tert-OH is 2. The van der Waals surface area contributed by atoms with Gasteiger partial charge in [-0.2, -0.15) is 13.2 Å². The molecule has 1 heterocycles. The van der Waals surface area contributed by atoms with Crippen LogP contribution in [0.25, 0.3) is 0 Å². The lowest BCUT2D eigenvalue weighted by atomic mass is 9.91. The van der Waals surface area contributed by atoms with Crippen molar-refractivity contribution >= 4 is 0 Å². The number of aliphatic hydroxyl groups is 2. The Labute approximate surface area is 143 Å². The number of rotatable bonds is 5. The van der Waals surface area contributed by atoms with E-state index in [4.69, 9.17) is 9.47 Å². The zero-order chi connectivity index (χ0) is 18.0. The zero-order valence-corrected chi connectivity index (χ0v) is 13.5. The second-order valence-electron chi connectivity index (χ2n) is 6.53. The first-order valence-electron chi connectivity index (χ1n) is 8.30. The van der Waals surface area contributed by atoms with E-state index < -0.39 is 23.9 Å². The maximum Gasteiger partial charge on any atom is 0.416 e. The molecule has 1 aliphatic heterocycles. The van der Waals surface area contributed by atoms with Gasteiger partial charge in [-0.1, -0.05) is 18.2 Å². The highest BCUT2D eigenvalue weighted by Gasteiger charge is 2.44. The van der Waals surface area contributed by atoms with Gasteiger partial charge in [-0.3, -0.25) is 0 Å². The van der Waals surface area contributed by atoms with E-state index in [1.54, 1.807) is 6.08 Å². The number of hydrogen-bond donors (Lipinski definition) is 2. The zero-order valence-electron chi connectivity index (χ0n) is 13.5. The molecule has 1 aromatic carbocycles. The molecule has 0 radical (unpaired) electrons. The molecular weight excluding hydrogens is 337 g/mol. The molecule has 1 saturated carbocycles. The van der Waals surface area contributed by atoms with Crippen molar-refractivity contribution in [2.75, 3.05) is 13.2 Å². The first-order valence-corrected chi connectivity index (χ1v) is 8.30. The van der Waals surface area contributed by atoms with Crippen LogP contribution in [0.3, 0.4) is 0 Å². The summed E-state index contributed by atoms with van der Waals surface area (Å²) in [6, 6.07) is 4.53. The smallest absolute Gasteiger partial charge is 0.416 e. The van der Waals surface area contributed by atoms with Gasteiger partial charge in [0.1, 0.15) is 18.5 Å². The minimum absolute atomic E-state index is 0.0485. The molecule has 5 atom stereocenters. The maximum absolute atomic E-state index is 12.7. The summed E-state index contributed by atoms with van der Waals surface area (Å²) in [6.07, 6.45) is -1.05. The molecule has 25 heavy (non-hydrogen) atoms. The highest BCUT2D eigenvalue weighted by Crippen LogP contribution is 2.41. The molecule has 0 unspecified atom stereocenters. The summed E-state index contributed by atoms with van der Waals surface area (Å²) < 4.78 is 48.8. The van der Waals surface area contributed by atoms with Crippen molar-refractivity contribution in [3.05, 3.63) is 42.0 Å². The molecule has 1 saturated heterocycles. The fraction of sp³-hybridized carbons (Fsp3) is 0.556. The van der Waals surface area contributed by atoms with E-state index in [0.717, 1.165) is 18.6 Å².